The number of nitrogens with zero attached hydrogens (tertiary/aromatic N) is 1. The summed E-state index contributed by atoms with van der Waals surface area (Å²) >= 11 is 0. The van der Waals surface area contributed by atoms with Crippen LogP contribution in [0.2, 0.25) is 0 Å². The van der Waals surface area contributed by atoms with E-state index in [0.717, 1.165) is 12.1 Å². The number of carbonyl (C=O) groups is 1. The summed E-state index contributed by atoms with van der Waals surface area (Å²) in [5.41, 5.74) is 0.131. The predicted molar refractivity (Wildman–Crippen MR) is 54.5 cm³/mol. The van der Waals surface area contributed by atoms with Gasteiger partial charge in [-0.1, -0.05) is 0 Å². The number of ether oxygens (including phenoxy) is 1. The SMILES string of the molecule is CC1CC(=O)N(C)c2cc(F)cc(F)c2O1. The van der Waals surface area contributed by atoms with Crippen LogP contribution in [0.15, 0.2) is 12.1 Å². The van der Waals surface area contributed by atoms with Crippen LogP contribution in [-0.2, 0) is 4.79 Å². The first-order valence-corrected chi connectivity index (χ1v) is 4.91. The third-order valence-corrected chi connectivity index (χ3v) is 2.51. The number of halogens is 2. The van der Waals surface area contributed by atoms with E-state index in [1.165, 1.54) is 11.9 Å². The summed E-state index contributed by atoms with van der Waals surface area (Å²) in [5, 5.41) is 0. The topological polar surface area (TPSA) is 29.5 Å². The number of hydrogen-bond donors (Lipinski definition) is 0. The standard InChI is InChI=1S/C11H11F2NO2/c1-6-3-10(15)14(2)9-5-7(12)4-8(13)11(9)16-6/h4-6H,3H2,1-2H3. The van der Waals surface area contributed by atoms with Gasteiger partial charge < -0.3 is 9.64 Å². The normalized spacial score (nSPS) is 20.1. The lowest BCUT2D eigenvalue weighted by atomic mass is 10.2. The highest BCUT2D eigenvalue weighted by molar-refractivity contribution is 5.95. The highest BCUT2D eigenvalue weighted by atomic mass is 19.1. The Kier molecular flexibility index (Phi) is 2.53. The molecule has 5 heteroatoms. The smallest absolute Gasteiger partial charge is 0.230 e. The molecule has 1 aliphatic heterocycles. The van der Waals surface area contributed by atoms with Crippen LogP contribution in [-0.4, -0.2) is 19.1 Å². The third-order valence-electron chi connectivity index (χ3n) is 2.51. The van der Waals surface area contributed by atoms with Crippen LogP contribution in [0, 0.1) is 11.6 Å². The molecule has 0 radical (unpaired) electrons. The molecule has 1 heterocycles. The average Bonchev–Trinajstić information content (AvgIpc) is 2.29. The van der Waals surface area contributed by atoms with Crippen molar-refractivity contribution in [2.75, 3.05) is 11.9 Å². The van der Waals surface area contributed by atoms with Crippen molar-refractivity contribution in [2.45, 2.75) is 19.4 Å². The zero-order valence-electron chi connectivity index (χ0n) is 8.96. The van der Waals surface area contributed by atoms with Gasteiger partial charge in [0.25, 0.3) is 0 Å². The molecule has 0 aliphatic carbocycles. The lowest BCUT2D eigenvalue weighted by molar-refractivity contribution is -0.119. The van der Waals surface area contributed by atoms with Gasteiger partial charge in [0.1, 0.15) is 11.9 Å². The van der Waals surface area contributed by atoms with Crippen molar-refractivity contribution in [3.63, 3.8) is 0 Å². The Balaban J connectivity index is 2.59. The van der Waals surface area contributed by atoms with E-state index in [0.29, 0.717) is 0 Å². The van der Waals surface area contributed by atoms with Crippen LogP contribution >= 0.6 is 0 Å². The fourth-order valence-corrected chi connectivity index (χ4v) is 1.67. The van der Waals surface area contributed by atoms with E-state index < -0.39 is 17.7 Å². The summed E-state index contributed by atoms with van der Waals surface area (Å²) in [6, 6.07) is 1.84. The molecular weight excluding hydrogens is 216 g/mol. The maximum Gasteiger partial charge on any atom is 0.230 e. The van der Waals surface area contributed by atoms with Gasteiger partial charge in [-0.3, -0.25) is 4.79 Å². The van der Waals surface area contributed by atoms with Gasteiger partial charge in [-0.25, -0.2) is 8.78 Å². The van der Waals surface area contributed by atoms with E-state index in [1.807, 2.05) is 0 Å². The molecule has 0 fully saturated rings. The monoisotopic (exact) mass is 227 g/mol. The lowest BCUT2D eigenvalue weighted by Crippen LogP contribution is -2.27. The summed E-state index contributed by atoms with van der Waals surface area (Å²) in [5.74, 6) is -1.81. The Morgan fingerprint density at radius 2 is 2.12 bits per heavy atom. The van der Waals surface area contributed by atoms with Crippen molar-refractivity contribution in [1.29, 1.82) is 0 Å². The van der Waals surface area contributed by atoms with Crippen molar-refractivity contribution in [1.82, 2.24) is 0 Å². The molecule has 3 nitrogen and oxygen atoms in total. The van der Waals surface area contributed by atoms with Gasteiger partial charge in [0, 0.05) is 19.2 Å². The quantitative estimate of drug-likeness (QED) is 0.679. The molecule has 0 aromatic heterocycles. The molecule has 1 aromatic rings. The average molecular weight is 227 g/mol. The highest BCUT2D eigenvalue weighted by Gasteiger charge is 2.27. The van der Waals surface area contributed by atoms with Crippen molar-refractivity contribution in [2.24, 2.45) is 0 Å². The van der Waals surface area contributed by atoms with Crippen molar-refractivity contribution in [3.8, 4) is 5.75 Å². The molecule has 0 spiro atoms. The second-order valence-electron chi connectivity index (χ2n) is 3.82. The Labute approximate surface area is 91.6 Å². The van der Waals surface area contributed by atoms with Crippen LogP contribution < -0.4 is 9.64 Å². The summed E-state index contributed by atoms with van der Waals surface area (Å²) in [7, 11) is 1.47. The molecule has 1 atom stereocenters. The van der Waals surface area contributed by atoms with Gasteiger partial charge in [-0.2, -0.15) is 0 Å². The number of benzene rings is 1. The first-order valence-electron chi connectivity index (χ1n) is 4.91. The van der Waals surface area contributed by atoms with Crippen molar-refractivity contribution >= 4 is 11.6 Å². The molecule has 16 heavy (non-hydrogen) atoms. The van der Waals surface area contributed by atoms with Crippen LogP contribution in [0.5, 0.6) is 5.75 Å². The van der Waals surface area contributed by atoms with Crippen molar-refractivity contribution < 1.29 is 18.3 Å². The van der Waals surface area contributed by atoms with Gasteiger partial charge in [0.15, 0.2) is 11.6 Å². The number of anilines is 1. The zero-order valence-corrected chi connectivity index (χ0v) is 8.96. The van der Waals surface area contributed by atoms with Crippen LogP contribution in [0.4, 0.5) is 14.5 Å². The number of carbonyl (C=O) groups excluding carboxylic acids is 1. The Morgan fingerprint density at radius 3 is 2.81 bits per heavy atom. The van der Waals surface area contributed by atoms with Gasteiger partial charge in [-0.15, -0.1) is 0 Å². The number of amides is 1. The first kappa shape index (κ1) is 10.9. The Morgan fingerprint density at radius 1 is 1.44 bits per heavy atom. The maximum absolute atomic E-state index is 13.5. The molecule has 0 saturated heterocycles. The minimum absolute atomic E-state index is 0.0674. The number of fused-ring (bicyclic) bond motifs is 1. The second kappa shape index (κ2) is 3.73. The molecule has 2 rings (SSSR count). The molecule has 1 amide bonds. The molecule has 86 valence electrons. The van der Waals surface area contributed by atoms with Crippen molar-refractivity contribution in [3.05, 3.63) is 23.8 Å². The van der Waals surface area contributed by atoms with Crippen LogP contribution in [0.1, 0.15) is 13.3 Å². The van der Waals surface area contributed by atoms with Gasteiger partial charge in [0.05, 0.1) is 12.1 Å². The van der Waals surface area contributed by atoms with E-state index in [9.17, 15) is 13.6 Å². The predicted octanol–water partition coefficient (Wildman–Crippen LogP) is 2.10. The van der Waals surface area contributed by atoms with E-state index in [2.05, 4.69) is 0 Å². The number of hydrogen-bond acceptors (Lipinski definition) is 2. The van der Waals surface area contributed by atoms with Gasteiger partial charge in [0.2, 0.25) is 5.91 Å². The lowest BCUT2D eigenvalue weighted by Gasteiger charge is -2.16. The minimum atomic E-state index is -0.789. The minimum Gasteiger partial charge on any atom is -0.485 e. The molecule has 0 bridgehead atoms. The first-order chi connectivity index (χ1) is 7.49. The van der Waals surface area contributed by atoms with E-state index in [4.69, 9.17) is 4.74 Å². The van der Waals surface area contributed by atoms with E-state index in [1.54, 1.807) is 6.92 Å². The van der Waals surface area contributed by atoms with E-state index >= 15 is 0 Å². The maximum atomic E-state index is 13.5. The highest BCUT2D eigenvalue weighted by Crippen LogP contribution is 2.35. The number of rotatable bonds is 0. The molecule has 0 saturated carbocycles. The fraction of sp³-hybridized carbons (Fsp3) is 0.364. The fourth-order valence-electron chi connectivity index (χ4n) is 1.67. The summed E-state index contributed by atoms with van der Waals surface area (Å²) in [6.07, 6.45) is -0.275. The molecule has 1 unspecified atom stereocenters. The zero-order chi connectivity index (χ0) is 11.9. The Hall–Kier alpha value is -1.65. The summed E-state index contributed by atoms with van der Waals surface area (Å²) in [4.78, 5) is 12.8. The van der Waals surface area contributed by atoms with Gasteiger partial charge in [-0.05, 0) is 6.92 Å². The molecular formula is C11H11F2NO2. The molecule has 1 aromatic carbocycles. The van der Waals surface area contributed by atoms with Gasteiger partial charge >= 0.3 is 0 Å². The summed E-state index contributed by atoms with van der Waals surface area (Å²) < 4.78 is 31.8. The largest absolute Gasteiger partial charge is 0.485 e. The third kappa shape index (κ3) is 1.73. The molecule has 1 aliphatic rings. The second-order valence-corrected chi connectivity index (χ2v) is 3.82. The Bertz CT molecular complexity index is 448. The summed E-state index contributed by atoms with van der Waals surface area (Å²) in [6.45, 7) is 1.67. The van der Waals surface area contributed by atoms with Crippen LogP contribution in [0.25, 0.3) is 0 Å². The van der Waals surface area contributed by atoms with E-state index in [-0.39, 0.29) is 23.8 Å². The van der Waals surface area contributed by atoms with Crippen LogP contribution in [0.3, 0.4) is 0 Å². The molecule has 0 N–H and O–H groups in total.